The van der Waals surface area contributed by atoms with Crippen LogP contribution in [0.15, 0.2) is 18.2 Å². The third-order valence-electron chi connectivity index (χ3n) is 3.46. The van der Waals surface area contributed by atoms with Crippen molar-refractivity contribution < 1.29 is 4.79 Å². The number of fused-ring (bicyclic) bond motifs is 1. The summed E-state index contributed by atoms with van der Waals surface area (Å²) in [6.07, 6.45) is 1.48. The van der Waals surface area contributed by atoms with Crippen molar-refractivity contribution in [2.24, 2.45) is 11.1 Å². The SMILES string of the molecule is CN1C(=O)Cc2cc(CC(C)(C)CN)ccc21. The van der Waals surface area contributed by atoms with Gasteiger partial charge in [-0.3, -0.25) is 4.79 Å². The van der Waals surface area contributed by atoms with Crippen LogP contribution >= 0.6 is 0 Å². The first-order valence-electron chi connectivity index (χ1n) is 6.01. The first-order chi connectivity index (χ1) is 7.93. The quantitative estimate of drug-likeness (QED) is 0.862. The Bertz CT molecular complexity index is 452. The monoisotopic (exact) mass is 232 g/mol. The summed E-state index contributed by atoms with van der Waals surface area (Å²) in [5.74, 6) is 0.176. The van der Waals surface area contributed by atoms with Crippen LogP contribution in [0.25, 0.3) is 0 Å². The highest BCUT2D eigenvalue weighted by Gasteiger charge is 2.24. The van der Waals surface area contributed by atoms with Crippen molar-refractivity contribution in [2.75, 3.05) is 18.5 Å². The highest BCUT2D eigenvalue weighted by atomic mass is 16.2. The number of rotatable bonds is 3. The van der Waals surface area contributed by atoms with E-state index in [0.29, 0.717) is 13.0 Å². The number of nitrogens with zero attached hydrogens (tertiary/aromatic N) is 1. The molecule has 0 saturated carbocycles. The predicted molar refractivity (Wildman–Crippen MR) is 70.1 cm³/mol. The van der Waals surface area contributed by atoms with Crippen molar-refractivity contribution in [1.82, 2.24) is 0 Å². The summed E-state index contributed by atoms with van der Waals surface area (Å²) in [5, 5.41) is 0. The second-order valence-corrected chi connectivity index (χ2v) is 5.64. The number of anilines is 1. The van der Waals surface area contributed by atoms with Gasteiger partial charge in [-0.05, 0) is 35.6 Å². The number of benzene rings is 1. The summed E-state index contributed by atoms with van der Waals surface area (Å²) in [6, 6.07) is 6.29. The molecule has 0 bridgehead atoms. The van der Waals surface area contributed by atoms with Crippen molar-refractivity contribution in [3.05, 3.63) is 29.3 Å². The summed E-state index contributed by atoms with van der Waals surface area (Å²) in [5.41, 5.74) is 9.32. The predicted octanol–water partition coefficient (Wildman–Crippen LogP) is 1.73. The number of hydrogen-bond acceptors (Lipinski definition) is 2. The van der Waals surface area contributed by atoms with Gasteiger partial charge in [0, 0.05) is 12.7 Å². The molecule has 2 N–H and O–H groups in total. The molecule has 3 nitrogen and oxygen atoms in total. The Morgan fingerprint density at radius 3 is 2.76 bits per heavy atom. The van der Waals surface area contributed by atoms with Crippen LogP contribution in [0.3, 0.4) is 0 Å². The van der Waals surface area contributed by atoms with Crippen LogP contribution in [0.5, 0.6) is 0 Å². The zero-order chi connectivity index (χ0) is 12.6. The molecule has 1 amide bonds. The molecule has 0 fully saturated rings. The van der Waals surface area contributed by atoms with Crippen LogP contribution < -0.4 is 10.6 Å². The maximum Gasteiger partial charge on any atom is 0.231 e. The maximum absolute atomic E-state index is 11.6. The first-order valence-corrected chi connectivity index (χ1v) is 6.01. The van der Waals surface area contributed by atoms with E-state index >= 15 is 0 Å². The summed E-state index contributed by atoms with van der Waals surface area (Å²) in [4.78, 5) is 13.3. The molecule has 0 saturated heterocycles. The molecule has 0 atom stereocenters. The molecule has 92 valence electrons. The van der Waals surface area contributed by atoms with Crippen LogP contribution in [0.4, 0.5) is 5.69 Å². The molecule has 1 aliphatic heterocycles. The van der Waals surface area contributed by atoms with Gasteiger partial charge in [0.2, 0.25) is 5.91 Å². The summed E-state index contributed by atoms with van der Waals surface area (Å²) < 4.78 is 0. The number of nitrogens with two attached hydrogens (primary N) is 1. The third kappa shape index (κ3) is 2.34. The molecule has 2 rings (SSSR count). The fourth-order valence-corrected chi connectivity index (χ4v) is 2.26. The van der Waals surface area contributed by atoms with E-state index in [-0.39, 0.29) is 11.3 Å². The largest absolute Gasteiger partial charge is 0.330 e. The van der Waals surface area contributed by atoms with Gasteiger partial charge in [0.05, 0.1) is 6.42 Å². The van der Waals surface area contributed by atoms with E-state index < -0.39 is 0 Å². The number of carbonyl (C=O) groups is 1. The number of amides is 1. The Kier molecular flexibility index (Phi) is 2.96. The Morgan fingerprint density at radius 2 is 2.12 bits per heavy atom. The van der Waals surface area contributed by atoms with Gasteiger partial charge < -0.3 is 10.6 Å². The van der Waals surface area contributed by atoms with Crippen molar-refractivity contribution in [3.63, 3.8) is 0 Å². The van der Waals surface area contributed by atoms with E-state index in [4.69, 9.17) is 5.73 Å². The first kappa shape index (κ1) is 12.1. The molecular formula is C14H20N2O. The molecule has 0 aromatic heterocycles. The number of hydrogen-bond donors (Lipinski definition) is 1. The minimum absolute atomic E-state index is 0.114. The second kappa shape index (κ2) is 4.15. The summed E-state index contributed by atoms with van der Waals surface area (Å²) in [6.45, 7) is 5.00. The van der Waals surface area contributed by atoms with Gasteiger partial charge in [-0.25, -0.2) is 0 Å². The van der Waals surface area contributed by atoms with E-state index in [1.54, 1.807) is 4.90 Å². The van der Waals surface area contributed by atoms with E-state index in [2.05, 4.69) is 26.0 Å². The topological polar surface area (TPSA) is 46.3 Å². The van der Waals surface area contributed by atoms with Gasteiger partial charge in [0.15, 0.2) is 0 Å². The van der Waals surface area contributed by atoms with E-state index in [0.717, 1.165) is 17.7 Å². The molecule has 0 unspecified atom stereocenters. The molecule has 17 heavy (non-hydrogen) atoms. The molecule has 1 aromatic rings. The Balaban J connectivity index is 2.25. The smallest absolute Gasteiger partial charge is 0.231 e. The number of carbonyl (C=O) groups excluding carboxylic acids is 1. The van der Waals surface area contributed by atoms with Gasteiger partial charge in [-0.1, -0.05) is 26.0 Å². The molecule has 1 aromatic carbocycles. The average molecular weight is 232 g/mol. The molecule has 0 radical (unpaired) electrons. The maximum atomic E-state index is 11.6. The third-order valence-corrected chi connectivity index (χ3v) is 3.46. The molecular weight excluding hydrogens is 212 g/mol. The summed E-state index contributed by atoms with van der Waals surface area (Å²) >= 11 is 0. The zero-order valence-electron chi connectivity index (χ0n) is 10.8. The minimum atomic E-state index is 0.114. The number of likely N-dealkylation sites (N-methyl/N-ethyl adjacent to an activating group) is 1. The van der Waals surface area contributed by atoms with E-state index in [1.807, 2.05) is 13.1 Å². The Morgan fingerprint density at radius 1 is 1.41 bits per heavy atom. The lowest BCUT2D eigenvalue weighted by Gasteiger charge is -2.22. The molecule has 0 spiro atoms. The summed E-state index contributed by atoms with van der Waals surface area (Å²) in [7, 11) is 1.83. The zero-order valence-corrected chi connectivity index (χ0v) is 10.8. The highest BCUT2D eigenvalue weighted by molar-refractivity contribution is 6.00. The van der Waals surface area contributed by atoms with E-state index in [9.17, 15) is 4.79 Å². The normalized spacial score (nSPS) is 15.3. The van der Waals surface area contributed by atoms with Crippen LogP contribution in [0, 0.1) is 5.41 Å². The van der Waals surface area contributed by atoms with Gasteiger partial charge >= 0.3 is 0 Å². The van der Waals surface area contributed by atoms with Gasteiger partial charge in [0.1, 0.15) is 0 Å². The van der Waals surface area contributed by atoms with Gasteiger partial charge in [-0.2, -0.15) is 0 Å². The lowest BCUT2D eigenvalue weighted by Crippen LogP contribution is -2.25. The fourth-order valence-electron chi connectivity index (χ4n) is 2.26. The highest BCUT2D eigenvalue weighted by Crippen LogP contribution is 2.30. The van der Waals surface area contributed by atoms with Crippen LogP contribution in [-0.2, 0) is 17.6 Å². The molecule has 1 heterocycles. The van der Waals surface area contributed by atoms with Crippen LogP contribution in [0.1, 0.15) is 25.0 Å². The Hall–Kier alpha value is -1.35. The second-order valence-electron chi connectivity index (χ2n) is 5.64. The van der Waals surface area contributed by atoms with E-state index in [1.165, 1.54) is 5.56 Å². The van der Waals surface area contributed by atoms with Crippen molar-refractivity contribution >= 4 is 11.6 Å². The lowest BCUT2D eigenvalue weighted by molar-refractivity contribution is -0.117. The lowest BCUT2D eigenvalue weighted by atomic mass is 9.85. The molecule has 1 aliphatic rings. The van der Waals surface area contributed by atoms with Crippen LogP contribution in [-0.4, -0.2) is 19.5 Å². The fraction of sp³-hybridized carbons (Fsp3) is 0.500. The average Bonchev–Trinajstić information content (AvgIpc) is 2.54. The Labute approximate surface area is 103 Å². The molecule has 3 heteroatoms. The van der Waals surface area contributed by atoms with Gasteiger partial charge in [-0.15, -0.1) is 0 Å². The molecule has 0 aliphatic carbocycles. The van der Waals surface area contributed by atoms with Crippen LogP contribution in [0.2, 0.25) is 0 Å². The van der Waals surface area contributed by atoms with Crippen molar-refractivity contribution in [1.29, 1.82) is 0 Å². The minimum Gasteiger partial charge on any atom is -0.330 e. The van der Waals surface area contributed by atoms with Crippen molar-refractivity contribution in [3.8, 4) is 0 Å². The standard InChI is InChI=1S/C14H20N2O/c1-14(2,9-15)8-10-4-5-12-11(6-10)7-13(17)16(12)3/h4-6H,7-9,15H2,1-3H3. The van der Waals surface area contributed by atoms with Gasteiger partial charge in [0.25, 0.3) is 0 Å². The van der Waals surface area contributed by atoms with Crippen molar-refractivity contribution in [2.45, 2.75) is 26.7 Å².